The molecule has 0 unspecified atom stereocenters. The van der Waals surface area contributed by atoms with Crippen LogP contribution in [0.1, 0.15) is 112 Å². The second-order valence-corrected chi connectivity index (χ2v) is 19.6. The number of likely N-dealkylation sites (tertiary alicyclic amines) is 4. The fraction of sp³-hybridized carbons (Fsp3) is 0.407. The number of hydrogen-bond acceptors (Lipinski definition) is 8. The standard InChI is InChI=1S/C54H62N8O4/c1-53(65)25-31-59(32-26-53)47(41-11-5-3-6-12-41)51(63)61-29-9-15-45(61)49-55-35-43(57-49)39-21-17-37(18-22-39)38-19-23-40(24-20-38)44-36-56-50(58-44)46-16-10-30-62(46)52(64)48(42-13-7-4-8-14-42)60-33-27-54(2,66)28-34-60/h3-8,11-14,17-24,35-36,45-48,65-66H,9-10,15-16,25-34H2,1-2H3,(H,55,57)(H,56,58)/t45-,46-,47+,48+/m0/s1. The van der Waals surface area contributed by atoms with Crippen LogP contribution in [0.3, 0.4) is 0 Å². The summed E-state index contributed by atoms with van der Waals surface area (Å²) in [5.41, 5.74) is 6.64. The molecule has 0 aliphatic carbocycles. The highest BCUT2D eigenvalue weighted by Gasteiger charge is 2.42. The molecule has 2 aromatic heterocycles. The van der Waals surface area contributed by atoms with Crippen molar-refractivity contribution in [2.24, 2.45) is 0 Å². The van der Waals surface area contributed by atoms with E-state index >= 15 is 0 Å². The van der Waals surface area contributed by atoms with Gasteiger partial charge >= 0.3 is 0 Å². The summed E-state index contributed by atoms with van der Waals surface area (Å²) in [4.78, 5) is 54.4. The van der Waals surface area contributed by atoms with Crippen LogP contribution in [0.25, 0.3) is 33.6 Å². The van der Waals surface area contributed by atoms with Crippen LogP contribution in [0.2, 0.25) is 0 Å². The van der Waals surface area contributed by atoms with Crippen LogP contribution in [0.5, 0.6) is 0 Å². The molecule has 0 saturated carbocycles. The fourth-order valence-electron chi connectivity index (χ4n) is 10.8. The number of aliphatic hydroxyl groups is 2. The molecule has 0 radical (unpaired) electrons. The Morgan fingerprint density at radius 2 is 0.879 bits per heavy atom. The molecule has 6 aromatic rings. The summed E-state index contributed by atoms with van der Waals surface area (Å²) in [7, 11) is 0. The topological polar surface area (TPSA) is 145 Å². The normalized spacial score (nSPS) is 22.1. The summed E-state index contributed by atoms with van der Waals surface area (Å²) in [6.07, 6.45) is 9.84. The van der Waals surface area contributed by atoms with Gasteiger partial charge in [0.25, 0.3) is 0 Å². The SMILES string of the molecule is CC1(O)CCN([C@@H](C(=O)N2CCC[C@H]2c2ncc(-c3ccc(-c4ccc(-c5cnc([C@@H]6CCCN6C(=O)[C@@H](c6ccccc6)N6CCC(C)(O)CC6)[nH]5)cc4)cc3)[nH]2)c2ccccc2)CC1. The average Bonchev–Trinajstić information content (AvgIpc) is 4.19. The van der Waals surface area contributed by atoms with E-state index in [9.17, 15) is 19.8 Å². The molecule has 12 heteroatoms. The number of nitrogens with zero attached hydrogens (tertiary/aromatic N) is 6. The van der Waals surface area contributed by atoms with Gasteiger partial charge in [0.15, 0.2) is 0 Å². The van der Waals surface area contributed by atoms with Crippen molar-refractivity contribution in [1.82, 2.24) is 39.5 Å². The maximum Gasteiger partial charge on any atom is 0.245 e. The van der Waals surface area contributed by atoms with Crippen molar-refractivity contribution < 1.29 is 19.8 Å². The Balaban J connectivity index is 0.800. The van der Waals surface area contributed by atoms with Gasteiger partial charge < -0.3 is 30.0 Å². The summed E-state index contributed by atoms with van der Waals surface area (Å²) >= 11 is 0. The van der Waals surface area contributed by atoms with Crippen molar-refractivity contribution >= 4 is 11.8 Å². The number of carbonyl (C=O) groups is 2. The molecule has 0 spiro atoms. The van der Waals surface area contributed by atoms with Crippen molar-refractivity contribution in [2.75, 3.05) is 39.3 Å². The first-order valence-electron chi connectivity index (χ1n) is 24.0. The number of imidazole rings is 2. The van der Waals surface area contributed by atoms with Crippen LogP contribution in [0.4, 0.5) is 0 Å². The predicted molar refractivity (Wildman–Crippen MR) is 256 cm³/mol. The number of benzene rings is 4. The summed E-state index contributed by atoms with van der Waals surface area (Å²) in [6.45, 7) is 7.82. The first kappa shape index (κ1) is 43.9. The molecule has 4 aliphatic heterocycles. The smallest absolute Gasteiger partial charge is 0.245 e. The quantitative estimate of drug-likeness (QED) is 0.101. The first-order valence-corrected chi connectivity index (χ1v) is 24.0. The minimum atomic E-state index is -0.700. The molecule has 4 aromatic carbocycles. The average molecular weight is 887 g/mol. The molecule has 342 valence electrons. The molecular formula is C54H62N8O4. The zero-order valence-electron chi connectivity index (χ0n) is 38.2. The number of nitrogens with one attached hydrogen (secondary N) is 2. The molecule has 12 nitrogen and oxygen atoms in total. The number of aromatic nitrogens is 4. The number of piperidine rings is 2. The van der Waals surface area contributed by atoms with Crippen molar-refractivity contribution in [3.63, 3.8) is 0 Å². The van der Waals surface area contributed by atoms with E-state index < -0.39 is 23.3 Å². The van der Waals surface area contributed by atoms with E-state index in [1.165, 1.54) is 0 Å². The summed E-state index contributed by atoms with van der Waals surface area (Å²) in [5.74, 6) is 1.81. The third kappa shape index (κ3) is 9.12. The van der Waals surface area contributed by atoms with Crippen molar-refractivity contribution in [1.29, 1.82) is 0 Å². The van der Waals surface area contributed by atoms with E-state index in [2.05, 4.69) is 68.3 Å². The lowest BCUT2D eigenvalue weighted by Gasteiger charge is -2.41. The molecule has 66 heavy (non-hydrogen) atoms. The van der Waals surface area contributed by atoms with Gasteiger partial charge in [-0.2, -0.15) is 0 Å². The van der Waals surface area contributed by atoms with Gasteiger partial charge in [-0.15, -0.1) is 0 Å². The van der Waals surface area contributed by atoms with Gasteiger partial charge in [0.1, 0.15) is 23.7 Å². The number of hydrogen-bond donors (Lipinski definition) is 4. The molecule has 10 rings (SSSR count). The monoisotopic (exact) mass is 886 g/mol. The first-order chi connectivity index (χ1) is 32.0. The van der Waals surface area contributed by atoms with Gasteiger partial charge in [-0.05, 0) is 98.6 Å². The molecule has 6 heterocycles. The second kappa shape index (κ2) is 18.4. The zero-order chi connectivity index (χ0) is 45.4. The molecule has 4 fully saturated rings. The van der Waals surface area contributed by atoms with Crippen LogP contribution in [0, 0.1) is 0 Å². The Hall–Kier alpha value is -5.92. The van der Waals surface area contributed by atoms with E-state index in [4.69, 9.17) is 9.97 Å². The lowest BCUT2D eigenvalue weighted by atomic mass is 9.91. The van der Waals surface area contributed by atoms with Crippen LogP contribution in [0.15, 0.2) is 122 Å². The Labute approximate surface area is 387 Å². The highest BCUT2D eigenvalue weighted by Crippen LogP contribution is 2.40. The Morgan fingerprint density at radius 1 is 0.530 bits per heavy atom. The van der Waals surface area contributed by atoms with Gasteiger partial charge in [0.05, 0.1) is 47.1 Å². The minimum Gasteiger partial charge on any atom is -0.390 e. The molecule has 2 amide bonds. The summed E-state index contributed by atoms with van der Waals surface area (Å²) in [6, 6.07) is 36.0. The van der Waals surface area contributed by atoms with E-state index in [1.807, 2.05) is 96.7 Å². The highest BCUT2D eigenvalue weighted by molar-refractivity contribution is 5.85. The maximum absolute atomic E-state index is 14.5. The Morgan fingerprint density at radius 3 is 1.24 bits per heavy atom. The van der Waals surface area contributed by atoms with Crippen LogP contribution in [-0.4, -0.2) is 112 Å². The van der Waals surface area contributed by atoms with Crippen molar-refractivity contribution in [3.8, 4) is 33.6 Å². The zero-order valence-corrected chi connectivity index (χ0v) is 38.2. The lowest BCUT2D eigenvalue weighted by Crippen LogP contribution is -2.49. The Kier molecular flexibility index (Phi) is 12.2. The predicted octanol–water partition coefficient (Wildman–Crippen LogP) is 8.64. The minimum absolute atomic E-state index is 0.0947. The molecule has 4 atom stereocenters. The van der Waals surface area contributed by atoms with Gasteiger partial charge in [-0.3, -0.25) is 19.4 Å². The molecule has 4 N–H and O–H groups in total. The van der Waals surface area contributed by atoms with E-state index in [0.29, 0.717) is 65.0 Å². The fourth-order valence-corrected chi connectivity index (χ4v) is 10.8. The summed E-state index contributed by atoms with van der Waals surface area (Å²) in [5, 5.41) is 21.3. The number of aromatic amines is 2. The van der Waals surface area contributed by atoms with Crippen LogP contribution < -0.4 is 0 Å². The van der Waals surface area contributed by atoms with Crippen molar-refractivity contribution in [2.45, 2.75) is 101 Å². The number of carbonyl (C=O) groups excluding carboxylic acids is 2. The maximum atomic E-state index is 14.5. The summed E-state index contributed by atoms with van der Waals surface area (Å²) < 4.78 is 0. The van der Waals surface area contributed by atoms with Crippen LogP contribution >= 0.6 is 0 Å². The molecular weight excluding hydrogens is 825 g/mol. The second-order valence-electron chi connectivity index (χ2n) is 19.6. The van der Waals surface area contributed by atoms with Gasteiger partial charge in [-0.25, -0.2) is 9.97 Å². The Bertz CT molecular complexity index is 2410. The van der Waals surface area contributed by atoms with Gasteiger partial charge in [0.2, 0.25) is 11.8 Å². The lowest BCUT2D eigenvalue weighted by molar-refractivity contribution is -0.141. The van der Waals surface area contributed by atoms with Crippen molar-refractivity contribution in [3.05, 3.63) is 144 Å². The molecule has 0 bridgehead atoms. The van der Waals surface area contributed by atoms with Gasteiger partial charge in [0, 0.05) is 39.3 Å². The van der Waals surface area contributed by atoms with E-state index in [1.54, 1.807) is 0 Å². The third-order valence-electron chi connectivity index (χ3n) is 14.8. The third-order valence-corrected chi connectivity index (χ3v) is 14.8. The highest BCUT2D eigenvalue weighted by atomic mass is 16.3. The van der Waals surface area contributed by atoms with E-state index in [0.717, 1.165) is 82.1 Å². The van der Waals surface area contributed by atoms with Gasteiger partial charge in [-0.1, -0.05) is 109 Å². The van der Waals surface area contributed by atoms with E-state index in [-0.39, 0.29) is 23.9 Å². The number of H-pyrrole nitrogens is 2. The number of rotatable bonds is 11. The van der Waals surface area contributed by atoms with Crippen LogP contribution in [-0.2, 0) is 9.59 Å². The molecule has 4 saturated heterocycles. The number of amides is 2. The molecule has 4 aliphatic rings. The largest absolute Gasteiger partial charge is 0.390 e.